The fraction of sp³-hybridized carbons (Fsp3) is 0.529. The lowest BCUT2D eigenvalue weighted by molar-refractivity contribution is -0.146. The summed E-state index contributed by atoms with van der Waals surface area (Å²) in [4.78, 5) is 39.4. The first kappa shape index (κ1) is 36.0. The van der Waals surface area contributed by atoms with Crippen molar-refractivity contribution < 1.29 is 29.0 Å². The van der Waals surface area contributed by atoms with E-state index in [4.69, 9.17) is 32.7 Å². The van der Waals surface area contributed by atoms with Gasteiger partial charge < -0.3 is 24.4 Å². The average molecular weight is 661 g/mol. The lowest BCUT2D eigenvalue weighted by Crippen LogP contribution is -2.50. The lowest BCUT2D eigenvalue weighted by Gasteiger charge is -2.39. The van der Waals surface area contributed by atoms with Gasteiger partial charge in [0.2, 0.25) is 0 Å². The van der Waals surface area contributed by atoms with Crippen LogP contribution in [0.3, 0.4) is 0 Å². The number of carbonyl (C=O) groups is 3. The van der Waals surface area contributed by atoms with Gasteiger partial charge in [0.05, 0.1) is 16.9 Å². The van der Waals surface area contributed by atoms with Crippen molar-refractivity contribution in [2.24, 2.45) is 0 Å². The van der Waals surface area contributed by atoms with Crippen molar-refractivity contribution in [3.63, 3.8) is 0 Å². The summed E-state index contributed by atoms with van der Waals surface area (Å²) >= 11 is 11.8. The highest BCUT2D eigenvalue weighted by Gasteiger charge is 2.44. The first-order valence-corrected chi connectivity index (χ1v) is 15.8. The minimum Gasteiger partial charge on any atom is -0.481 e. The van der Waals surface area contributed by atoms with Crippen LogP contribution < -0.4 is 0 Å². The molecule has 0 spiro atoms. The van der Waals surface area contributed by atoms with Crippen molar-refractivity contribution in [3.8, 4) is 6.07 Å². The van der Waals surface area contributed by atoms with Crippen LogP contribution in [0.5, 0.6) is 0 Å². The maximum Gasteiger partial charge on any atom is 0.410 e. The number of amides is 2. The van der Waals surface area contributed by atoms with Crippen LogP contribution >= 0.6 is 23.2 Å². The summed E-state index contributed by atoms with van der Waals surface area (Å²) in [6.45, 7) is 12.7. The molecule has 2 heterocycles. The minimum absolute atomic E-state index is 0.310. The van der Waals surface area contributed by atoms with E-state index in [0.29, 0.717) is 61.9 Å². The van der Waals surface area contributed by atoms with Crippen LogP contribution in [0.15, 0.2) is 48.5 Å². The molecule has 0 saturated carbocycles. The Kier molecular flexibility index (Phi) is 11.4. The smallest absolute Gasteiger partial charge is 0.410 e. The number of hydrogen-bond donors (Lipinski definition) is 1. The van der Waals surface area contributed by atoms with Gasteiger partial charge in [-0.2, -0.15) is 5.26 Å². The Labute approximate surface area is 276 Å². The van der Waals surface area contributed by atoms with Crippen LogP contribution in [-0.2, 0) is 25.1 Å². The van der Waals surface area contributed by atoms with Crippen LogP contribution in [0, 0.1) is 11.3 Å². The van der Waals surface area contributed by atoms with Gasteiger partial charge in [0.1, 0.15) is 11.2 Å². The van der Waals surface area contributed by atoms with Crippen LogP contribution in [0.4, 0.5) is 9.59 Å². The standard InChI is InChI=1S/C17H21ClN2O2.C17H22ClNO4/c1-16(2,3)22-15(21)20-10-8-17(12-19,9-11-20)13-4-6-14(18)7-5-13;1-16(2,3)23-15(22)19-10-8-17(9-11-19,14(20)21)12-4-6-13(18)7-5-12/h4-7H,8-11H2,1-3H3;4-7H,8-11H2,1-3H3,(H,20,21). The number of likely N-dealkylation sites (tertiary alicyclic amines) is 2. The summed E-state index contributed by atoms with van der Waals surface area (Å²) in [5.74, 6) is -0.872. The molecule has 2 fully saturated rings. The van der Waals surface area contributed by atoms with Gasteiger partial charge in [-0.3, -0.25) is 4.79 Å². The number of carboxylic acids is 1. The van der Waals surface area contributed by atoms with Gasteiger partial charge in [-0.15, -0.1) is 0 Å². The maximum absolute atomic E-state index is 12.1. The summed E-state index contributed by atoms with van der Waals surface area (Å²) < 4.78 is 10.7. The van der Waals surface area contributed by atoms with Crippen LogP contribution in [0.1, 0.15) is 78.4 Å². The molecule has 0 aliphatic carbocycles. The lowest BCUT2D eigenvalue weighted by atomic mass is 9.73. The molecule has 1 N–H and O–H groups in total. The number of rotatable bonds is 3. The van der Waals surface area contributed by atoms with Crippen molar-refractivity contribution in [1.82, 2.24) is 9.80 Å². The number of ether oxygens (including phenoxy) is 2. The van der Waals surface area contributed by atoms with E-state index in [-0.39, 0.29) is 6.09 Å². The third-order valence-electron chi connectivity index (χ3n) is 7.95. The molecule has 0 unspecified atom stereocenters. The molecule has 4 rings (SSSR count). The van der Waals surface area contributed by atoms with Gasteiger partial charge in [0.25, 0.3) is 0 Å². The zero-order chi connectivity index (χ0) is 33.6. The van der Waals surface area contributed by atoms with Crippen molar-refractivity contribution in [1.29, 1.82) is 5.26 Å². The normalized spacial score (nSPS) is 17.7. The van der Waals surface area contributed by atoms with Crippen molar-refractivity contribution in [2.45, 2.75) is 89.3 Å². The van der Waals surface area contributed by atoms with Gasteiger partial charge >= 0.3 is 18.2 Å². The Hall–Kier alpha value is -3.48. The van der Waals surface area contributed by atoms with Gasteiger partial charge in [0, 0.05) is 36.2 Å². The Morgan fingerprint density at radius 3 is 1.40 bits per heavy atom. The highest BCUT2D eigenvalue weighted by atomic mass is 35.5. The third kappa shape index (κ3) is 9.51. The fourth-order valence-electron chi connectivity index (χ4n) is 5.42. The molecule has 0 radical (unpaired) electrons. The number of halogens is 2. The molecule has 0 bridgehead atoms. The van der Waals surface area contributed by atoms with Gasteiger partial charge in [0.15, 0.2) is 0 Å². The summed E-state index contributed by atoms with van der Waals surface area (Å²) in [5.41, 5.74) is -0.917. The topological polar surface area (TPSA) is 120 Å². The van der Waals surface area contributed by atoms with Crippen molar-refractivity contribution in [3.05, 3.63) is 69.7 Å². The molecule has 2 amide bonds. The Balaban J connectivity index is 0.000000246. The summed E-state index contributed by atoms with van der Waals surface area (Å²) in [5, 5.41) is 20.6. The van der Waals surface area contributed by atoms with Crippen LogP contribution in [0.25, 0.3) is 0 Å². The molecule has 11 heteroatoms. The van der Waals surface area contributed by atoms with Gasteiger partial charge in [-0.05, 0) is 103 Å². The van der Waals surface area contributed by atoms with Crippen LogP contribution in [0.2, 0.25) is 10.0 Å². The predicted octanol–water partition coefficient (Wildman–Crippen LogP) is 7.83. The molecule has 2 aromatic carbocycles. The van der Waals surface area contributed by atoms with Gasteiger partial charge in [-0.1, -0.05) is 47.5 Å². The van der Waals surface area contributed by atoms with E-state index in [1.54, 1.807) is 46.2 Å². The second-order valence-electron chi connectivity index (χ2n) is 13.5. The molecular weight excluding hydrogens is 617 g/mol. The Bertz CT molecular complexity index is 1380. The monoisotopic (exact) mass is 659 g/mol. The molecule has 244 valence electrons. The number of piperidine rings is 2. The zero-order valence-corrected chi connectivity index (χ0v) is 28.4. The molecule has 2 aliphatic heterocycles. The van der Waals surface area contributed by atoms with E-state index >= 15 is 0 Å². The Morgan fingerprint density at radius 1 is 0.711 bits per heavy atom. The average Bonchev–Trinajstić information content (AvgIpc) is 2.96. The fourth-order valence-corrected chi connectivity index (χ4v) is 5.68. The number of hydrogen-bond acceptors (Lipinski definition) is 6. The van der Waals surface area contributed by atoms with E-state index in [0.717, 1.165) is 11.1 Å². The van der Waals surface area contributed by atoms with E-state index < -0.39 is 34.1 Å². The second-order valence-corrected chi connectivity index (χ2v) is 14.4. The summed E-state index contributed by atoms with van der Waals surface area (Å²) in [6, 6.07) is 16.7. The zero-order valence-electron chi connectivity index (χ0n) is 26.9. The van der Waals surface area contributed by atoms with Crippen LogP contribution in [-0.4, -0.2) is 70.4 Å². The number of carbonyl (C=O) groups excluding carboxylic acids is 2. The molecule has 0 aromatic heterocycles. The number of nitriles is 1. The second kappa shape index (κ2) is 14.3. The van der Waals surface area contributed by atoms with E-state index in [9.17, 15) is 24.8 Å². The van der Waals surface area contributed by atoms with E-state index in [1.165, 1.54) is 0 Å². The number of carboxylic acid groups (broad SMARTS) is 1. The third-order valence-corrected chi connectivity index (χ3v) is 8.46. The summed E-state index contributed by atoms with van der Waals surface area (Å²) in [6.07, 6.45) is 1.20. The van der Waals surface area contributed by atoms with E-state index in [1.807, 2.05) is 53.7 Å². The molecule has 45 heavy (non-hydrogen) atoms. The van der Waals surface area contributed by atoms with Gasteiger partial charge in [-0.25, -0.2) is 9.59 Å². The Morgan fingerprint density at radius 2 is 1.07 bits per heavy atom. The maximum atomic E-state index is 12.1. The molecule has 2 saturated heterocycles. The molecule has 9 nitrogen and oxygen atoms in total. The van der Waals surface area contributed by atoms with Crippen molar-refractivity contribution in [2.75, 3.05) is 26.2 Å². The summed E-state index contributed by atoms with van der Waals surface area (Å²) in [7, 11) is 0. The predicted molar refractivity (Wildman–Crippen MR) is 174 cm³/mol. The molecular formula is C34H43Cl2N3O6. The number of benzene rings is 2. The molecule has 0 atom stereocenters. The number of aliphatic carboxylic acids is 1. The first-order chi connectivity index (χ1) is 20.9. The first-order valence-electron chi connectivity index (χ1n) is 15.0. The van der Waals surface area contributed by atoms with Crippen molar-refractivity contribution >= 4 is 41.4 Å². The molecule has 2 aliphatic rings. The quantitative estimate of drug-likeness (QED) is 0.356. The SMILES string of the molecule is CC(C)(C)OC(=O)N1CCC(C#N)(c2ccc(Cl)cc2)CC1.CC(C)(C)OC(=O)N1CCC(C(=O)O)(c2ccc(Cl)cc2)CC1. The highest BCUT2D eigenvalue weighted by Crippen LogP contribution is 2.37. The highest BCUT2D eigenvalue weighted by molar-refractivity contribution is 6.30. The minimum atomic E-state index is -0.983. The van der Waals surface area contributed by atoms with E-state index in [2.05, 4.69) is 6.07 Å². The molecule has 2 aromatic rings. The largest absolute Gasteiger partial charge is 0.481 e. The number of nitrogens with zero attached hydrogens (tertiary/aromatic N) is 3.